The van der Waals surface area contributed by atoms with Gasteiger partial charge in [0, 0.05) is 10.2 Å². The summed E-state index contributed by atoms with van der Waals surface area (Å²) in [6.07, 6.45) is 2.30. The molecule has 82 valence electrons. The molecular formula is C12H11BrN2O. The Morgan fingerprint density at radius 1 is 1.50 bits per heavy atom. The first-order chi connectivity index (χ1) is 7.66. The number of carbonyl (C=O) groups is 1. The normalized spacial score (nSPS) is 17.0. The maximum atomic E-state index is 11.9. The molecule has 3 nitrogen and oxygen atoms in total. The minimum atomic E-state index is -0.789. The van der Waals surface area contributed by atoms with Crippen LogP contribution in [-0.4, -0.2) is 5.91 Å². The molecule has 0 atom stereocenters. The van der Waals surface area contributed by atoms with Gasteiger partial charge in [0.15, 0.2) is 0 Å². The molecule has 0 radical (unpaired) electrons. The fourth-order valence-electron chi connectivity index (χ4n) is 1.74. The van der Waals surface area contributed by atoms with Gasteiger partial charge in [0.05, 0.1) is 6.07 Å². The summed E-state index contributed by atoms with van der Waals surface area (Å²) in [5.41, 5.74) is -0.0663. The van der Waals surface area contributed by atoms with Crippen molar-refractivity contribution in [2.75, 3.05) is 5.32 Å². The SMILES string of the molecule is N#CC1(C(=O)Nc2cccc(Br)c2)CCC1. The van der Waals surface area contributed by atoms with Crippen molar-refractivity contribution in [1.29, 1.82) is 5.26 Å². The number of halogens is 1. The molecule has 1 saturated carbocycles. The lowest BCUT2D eigenvalue weighted by Gasteiger charge is -2.33. The summed E-state index contributed by atoms with van der Waals surface area (Å²) >= 11 is 3.33. The van der Waals surface area contributed by atoms with Gasteiger partial charge >= 0.3 is 0 Å². The van der Waals surface area contributed by atoms with E-state index in [1.807, 2.05) is 24.3 Å². The number of anilines is 1. The lowest BCUT2D eigenvalue weighted by Crippen LogP contribution is -2.40. The van der Waals surface area contributed by atoms with Crippen molar-refractivity contribution in [3.05, 3.63) is 28.7 Å². The average molecular weight is 279 g/mol. The number of nitrogens with one attached hydrogen (secondary N) is 1. The number of rotatable bonds is 2. The van der Waals surface area contributed by atoms with Crippen LogP contribution in [0.15, 0.2) is 28.7 Å². The van der Waals surface area contributed by atoms with Gasteiger partial charge in [-0.1, -0.05) is 22.0 Å². The first-order valence-electron chi connectivity index (χ1n) is 5.15. The second-order valence-electron chi connectivity index (χ2n) is 4.01. The Labute approximate surface area is 103 Å². The van der Waals surface area contributed by atoms with Crippen molar-refractivity contribution >= 4 is 27.5 Å². The molecule has 0 saturated heterocycles. The zero-order valence-electron chi connectivity index (χ0n) is 8.66. The van der Waals surface area contributed by atoms with Gasteiger partial charge in [0.25, 0.3) is 0 Å². The monoisotopic (exact) mass is 278 g/mol. The van der Waals surface area contributed by atoms with E-state index < -0.39 is 5.41 Å². The molecule has 0 bridgehead atoms. The lowest BCUT2D eigenvalue weighted by molar-refractivity contribution is -0.126. The third-order valence-corrected chi connectivity index (χ3v) is 3.43. The summed E-state index contributed by atoms with van der Waals surface area (Å²) in [4.78, 5) is 11.9. The van der Waals surface area contributed by atoms with E-state index in [2.05, 4.69) is 27.3 Å². The smallest absolute Gasteiger partial charge is 0.244 e. The van der Waals surface area contributed by atoms with Crippen molar-refractivity contribution in [3.8, 4) is 6.07 Å². The van der Waals surface area contributed by atoms with Gasteiger partial charge in [-0.3, -0.25) is 4.79 Å². The molecule has 16 heavy (non-hydrogen) atoms. The summed E-state index contributed by atoms with van der Waals surface area (Å²) in [5.74, 6) is -0.181. The summed E-state index contributed by atoms with van der Waals surface area (Å²) < 4.78 is 0.907. The van der Waals surface area contributed by atoms with E-state index in [0.717, 1.165) is 16.6 Å². The molecule has 2 rings (SSSR count). The van der Waals surface area contributed by atoms with Crippen LogP contribution >= 0.6 is 15.9 Å². The van der Waals surface area contributed by atoms with E-state index in [1.54, 1.807) is 0 Å². The van der Waals surface area contributed by atoms with Crippen LogP contribution in [0.1, 0.15) is 19.3 Å². The number of amides is 1. The van der Waals surface area contributed by atoms with E-state index in [-0.39, 0.29) is 5.91 Å². The van der Waals surface area contributed by atoms with E-state index in [1.165, 1.54) is 0 Å². The van der Waals surface area contributed by atoms with Crippen LogP contribution in [0.2, 0.25) is 0 Å². The number of hydrogen-bond donors (Lipinski definition) is 1. The molecule has 0 unspecified atom stereocenters. The molecule has 0 aromatic heterocycles. The topological polar surface area (TPSA) is 52.9 Å². The molecule has 1 amide bonds. The minimum Gasteiger partial charge on any atom is -0.325 e. The molecule has 1 aromatic carbocycles. The maximum Gasteiger partial charge on any atom is 0.244 e. The van der Waals surface area contributed by atoms with Crippen LogP contribution in [-0.2, 0) is 4.79 Å². The Kier molecular flexibility index (Phi) is 2.97. The standard InChI is InChI=1S/C12H11BrN2O/c13-9-3-1-4-10(7-9)15-11(16)12(8-14)5-2-6-12/h1,3-4,7H,2,5-6H2,(H,15,16). The molecule has 0 aliphatic heterocycles. The second-order valence-corrected chi connectivity index (χ2v) is 4.93. The fraction of sp³-hybridized carbons (Fsp3) is 0.333. The molecule has 0 heterocycles. The quantitative estimate of drug-likeness (QED) is 0.904. The number of carbonyl (C=O) groups excluding carboxylic acids is 1. The number of nitriles is 1. The second kappa shape index (κ2) is 4.26. The van der Waals surface area contributed by atoms with Gasteiger partial charge < -0.3 is 5.32 Å². The Bertz CT molecular complexity index is 460. The summed E-state index contributed by atoms with van der Waals surface area (Å²) in [6.45, 7) is 0. The lowest BCUT2D eigenvalue weighted by atomic mass is 9.69. The van der Waals surface area contributed by atoms with Crippen molar-refractivity contribution in [1.82, 2.24) is 0 Å². The molecule has 4 heteroatoms. The number of benzene rings is 1. The minimum absolute atomic E-state index is 0.181. The summed E-state index contributed by atoms with van der Waals surface area (Å²) in [7, 11) is 0. The zero-order valence-corrected chi connectivity index (χ0v) is 10.3. The van der Waals surface area contributed by atoms with Crippen LogP contribution in [0, 0.1) is 16.7 Å². The van der Waals surface area contributed by atoms with Crippen molar-refractivity contribution < 1.29 is 4.79 Å². The predicted molar refractivity (Wildman–Crippen MR) is 64.7 cm³/mol. The predicted octanol–water partition coefficient (Wildman–Crippen LogP) is 3.08. The van der Waals surface area contributed by atoms with E-state index in [0.29, 0.717) is 12.8 Å². The van der Waals surface area contributed by atoms with Gasteiger partial charge in [-0.15, -0.1) is 0 Å². The summed E-state index contributed by atoms with van der Waals surface area (Å²) in [5, 5.41) is 11.8. The first kappa shape index (κ1) is 11.2. The maximum absolute atomic E-state index is 11.9. The van der Waals surface area contributed by atoms with Crippen LogP contribution in [0.5, 0.6) is 0 Å². The van der Waals surface area contributed by atoms with Crippen molar-refractivity contribution in [3.63, 3.8) is 0 Å². The van der Waals surface area contributed by atoms with Crippen LogP contribution in [0.25, 0.3) is 0 Å². The Morgan fingerprint density at radius 3 is 2.75 bits per heavy atom. The van der Waals surface area contributed by atoms with E-state index in [4.69, 9.17) is 5.26 Å². The highest BCUT2D eigenvalue weighted by Crippen LogP contribution is 2.41. The van der Waals surface area contributed by atoms with Crippen LogP contribution < -0.4 is 5.32 Å². The Hall–Kier alpha value is -1.34. The zero-order chi connectivity index (χ0) is 11.6. The van der Waals surface area contributed by atoms with Crippen LogP contribution in [0.4, 0.5) is 5.69 Å². The van der Waals surface area contributed by atoms with Gasteiger partial charge in [0.2, 0.25) is 5.91 Å². The van der Waals surface area contributed by atoms with Gasteiger partial charge in [-0.25, -0.2) is 0 Å². The third kappa shape index (κ3) is 1.96. The molecular weight excluding hydrogens is 268 g/mol. The molecule has 1 aromatic rings. The van der Waals surface area contributed by atoms with Gasteiger partial charge in [0.1, 0.15) is 5.41 Å². The number of nitrogens with zero attached hydrogens (tertiary/aromatic N) is 1. The molecule has 1 aliphatic carbocycles. The highest BCUT2D eigenvalue weighted by Gasteiger charge is 2.44. The molecule has 1 aliphatic rings. The Morgan fingerprint density at radius 2 is 2.25 bits per heavy atom. The largest absolute Gasteiger partial charge is 0.325 e. The van der Waals surface area contributed by atoms with Gasteiger partial charge in [-0.05, 0) is 37.5 Å². The Balaban J connectivity index is 2.11. The first-order valence-corrected chi connectivity index (χ1v) is 5.94. The summed E-state index contributed by atoms with van der Waals surface area (Å²) in [6, 6.07) is 9.49. The molecule has 0 spiro atoms. The molecule has 1 fully saturated rings. The number of hydrogen-bond acceptors (Lipinski definition) is 2. The molecule has 1 N–H and O–H groups in total. The van der Waals surface area contributed by atoms with Crippen molar-refractivity contribution in [2.45, 2.75) is 19.3 Å². The highest BCUT2D eigenvalue weighted by molar-refractivity contribution is 9.10. The van der Waals surface area contributed by atoms with Gasteiger partial charge in [-0.2, -0.15) is 5.26 Å². The van der Waals surface area contributed by atoms with Crippen LogP contribution in [0.3, 0.4) is 0 Å². The van der Waals surface area contributed by atoms with E-state index in [9.17, 15) is 4.79 Å². The fourth-order valence-corrected chi connectivity index (χ4v) is 2.14. The highest BCUT2D eigenvalue weighted by atomic mass is 79.9. The third-order valence-electron chi connectivity index (χ3n) is 2.94. The van der Waals surface area contributed by atoms with Crippen molar-refractivity contribution in [2.24, 2.45) is 5.41 Å². The van der Waals surface area contributed by atoms with E-state index >= 15 is 0 Å². The average Bonchev–Trinajstić information content (AvgIpc) is 2.16.